The molecule has 0 aliphatic carbocycles. The van der Waals surface area contributed by atoms with Crippen molar-refractivity contribution in [1.29, 1.82) is 0 Å². The Morgan fingerprint density at radius 1 is 1.36 bits per heavy atom. The lowest BCUT2D eigenvalue weighted by Gasteiger charge is -2.18. The molecule has 3 rings (SSSR count). The van der Waals surface area contributed by atoms with E-state index in [2.05, 4.69) is 21.6 Å². The molecule has 0 spiro atoms. The number of nitrogens with one attached hydrogen (secondary N) is 3. The number of aryl methyl sites for hydroxylation is 2. The van der Waals surface area contributed by atoms with Gasteiger partial charge in [-0.25, -0.2) is 0 Å². The van der Waals surface area contributed by atoms with E-state index in [0.29, 0.717) is 17.8 Å². The summed E-state index contributed by atoms with van der Waals surface area (Å²) in [6.45, 7) is 2.99. The molecule has 22 heavy (non-hydrogen) atoms. The van der Waals surface area contributed by atoms with Gasteiger partial charge in [0, 0.05) is 17.8 Å². The minimum Gasteiger partial charge on any atom is -0.493 e. The maximum Gasteiger partial charge on any atom is 0.267 e. The summed E-state index contributed by atoms with van der Waals surface area (Å²) in [5, 5.41) is 8.05. The second-order valence-electron chi connectivity index (χ2n) is 5.53. The molecule has 0 bridgehead atoms. The molecule has 1 aliphatic rings. The quantitative estimate of drug-likeness (QED) is 0.793. The van der Waals surface area contributed by atoms with Gasteiger partial charge in [-0.05, 0) is 37.0 Å². The molecule has 6 heteroatoms. The van der Waals surface area contributed by atoms with Crippen LogP contribution in [0.5, 0.6) is 5.75 Å². The molecule has 3 N–H and O–H groups in total. The first-order valence-electron chi connectivity index (χ1n) is 7.41. The molecule has 0 unspecified atom stereocenters. The fourth-order valence-electron chi connectivity index (χ4n) is 2.63. The number of carbonyl (C=O) groups is 1. The summed E-state index contributed by atoms with van der Waals surface area (Å²) in [5.41, 5.74) is 3.18. The Bertz CT molecular complexity index is 745. The second kappa shape index (κ2) is 6.09. The number of hydrogen-bond donors (Lipinski definition) is 3. The van der Waals surface area contributed by atoms with Gasteiger partial charge in [0.15, 0.2) is 0 Å². The first-order valence-corrected chi connectivity index (χ1v) is 7.41. The van der Waals surface area contributed by atoms with Crippen LogP contribution in [0.1, 0.15) is 28.8 Å². The second-order valence-corrected chi connectivity index (χ2v) is 5.53. The van der Waals surface area contributed by atoms with Gasteiger partial charge in [-0.15, -0.1) is 0 Å². The lowest BCUT2D eigenvalue weighted by molar-refractivity contribution is -0.120. The lowest BCUT2D eigenvalue weighted by atomic mass is 10.0. The van der Waals surface area contributed by atoms with Crippen LogP contribution in [0.4, 0.5) is 0 Å². The number of aromatic amines is 2. The van der Waals surface area contributed by atoms with Crippen LogP contribution in [0.2, 0.25) is 0 Å². The van der Waals surface area contributed by atoms with Gasteiger partial charge in [-0.3, -0.25) is 14.7 Å². The fourth-order valence-corrected chi connectivity index (χ4v) is 2.63. The molecule has 1 aromatic heterocycles. The Morgan fingerprint density at radius 2 is 2.23 bits per heavy atom. The Kier molecular flexibility index (Phi) is 4.00. The van der Waals surface area contributed by atoms with Gasteiger partial charge in [0.1, 0.15) is 5.75 Å². The fraction of sp³-hybridized carbons (Fsp3) is 0.375. The number of carbonyl (C=O) groups excluding carboxylic acids is 1. The molecule has 1 aromatic carbocycles. The SMILES string of the molecule is Cc1[nH][nH]c(=O)c1CC(=O)NCc1ccc2c(c1)CCCO2. The van der Waals surface area contributed by atoms with Crippen LogP contribution in [0, 0.1) is 6.92 Å². The highest BCUT2D eigenvalue weighted by molar-refractivity contribution is 5.78. The molecule has 2 aromatic rings. The van der Waals surface area contributed by atoms with Gasteiger partial charge in [0.25, 0.3) is 5.56 Å². The molecule has 0 radical (unpaired) electrons. The van der Waals surface area contributed by atoms with E-state index in [0.717, 1.165) is 30.8 Å². The van der Waals surface area contributed by atoms with E-state index in [4.69, 9.17) is 4.74 Å². The van der Waals surface area contributed by atoms with Gasteiger partial charge < -0.3 is 15.2 Å². The Labute approximate surface area is 127 Å². The van der Waals surface area contributed by atoms with Gasteiger partial charge >= 0.3 is 0 Å². The molecule has 0 saturated carbocycles. The predicted molar refractivity (Wildman–Crippen MR) is 82.0 cm³/mol. The third kappa shape index (κ3) is 3.05. The monoisotopic (exact) mass is 301 g/mol. The molecule has 0 fully saturated rings. The molecule has 6 nitrogen and oxygen atoms in total. The van der Waals surface area contributed by atoms with E-state index < -0.39 is 0 Å². The van der Waals surface area contributed by atoms with Crippen molar-refractivity contribution >= 4 is 5.91 Å². The molecule has 1 amide bonds. The van der Waals surface area contributed by atoms with Gasteiger partial charge in [0.2, 0.25) is 5.91 Å². The van der Waals surface area contributed by atoms with Crippen molar-refractivity contribution in [1.82, 2.24) is 15.5 Å². The molecular weight excluding hydrogens is 282 g/mol. The van der Waals surface area contributed by atoms with Gasteiger partial charge in [0.05, 0.1) is 13.0 Å². The summed E-state index contributed by atoms with van der Waals surface area (Å²) in [6, 6.07) is 5.99. The summed E-state index contributed by atoms with van der Waals surface area (Å²) in [4.78, 5) is 23.5. The van der Waals surface area contributed by atoms with E-state index in [1.54, 1.807) is 6.92 Å². The zero-order valence-electron chi connectivity index (χ0n) is 12.5. The predicted octanol–water partition coefficient (Wildman–Crippen LogP) is 1.20. The van der Waals surface area contributed by atoms with Crippen molar-refractivity contribution in [2.75, 3.05) is 6.61 Å². The summed E-state index contributed by atoms with van der Waals surface area (Å²) >= 11 is 0. The van der Waals surface area contributed by atoms with Crippen LogP contribution in [0.3, 0.4) is 0 Å². The Morgan fingerprint density at radius 3 is 3.00 bits per heavy atom. The molecule has 1 aliphatic heterocycles. The van der Waals surface area contributed by atoms with Crippen molar-refractivity contribution in [3.63, 3.8) is 0 Å². The number of rotatable bonds is 4. The highest BCUT2D eigenvalue weighted by Crippen LogP contribution is 2.25. The topological polar surface area (TPSA) is 87.0 Å². The zero-order chi connectivity index (χ0) is 15.5. The van der Waals surface area contributed by atoms with Crippen LogP contribution in [0.15, 0.2) is 23.0 Å². The summed E-state index contributed by atoms with van der Waals surface area (Å²) in [7, 11) is 0. The maximum atomic E-state index is 12.0. The smallest absolute Gasteiger partial charge is 0.267 e. The Balaban J connectivity index is 1.60. The van der Waals surface area contributed by atoms with E-state index in [1.807, 2.05) is 12.1 Å². The van der Waals surface area contributed by atoms with Crippen LogP contribution in [-0.2, 0) is 24.2 Å². The Hall–Kier alpha value is -2.50. The van der Waals surface area contributed by atoms with Crippen molar-refractivity contribution in [3.8, 4) is 5.75 Å². The van der Waals surface area contributed by atoms with E-state index in [1.165, 1.54) is 5.56 Å². The van der Waals surface area contributed by atoms with Gasteiger partial charge in [-0.2, -0.15) is 0 Å². The minimum atomic E-state index is -0.237. The standard InChI is InChI=1S/C16H19N3O3/c1-10-13(16(21)19-18-10)8-15(20)17-9-11-4-5-14-12(7-11)3-2-6-22-14/h4-5,7H,2-3,6,8-9H2,1H3,(H,17,20)(H2,18,19,21). The first kappa shape index (κ1) is 14.4. The summed E-state index contributed by atoms with van der Waals surface area (Å²) in [5.74, 6) is 0.776. The number of benzene rings is 1. The highest BCUT2D eigenvalue weighted by atomic mass is 16.5. The van der Waals surface area contributed by atoms with Crippen molar-refractivity contribution in [2.24, 2.45) is 0 Å². The van der Waals surface area contributed by atoms with E-state index in [9.17, 15) is 9.59 Å². The molecule has 0 atom stereocenters. The number of H-pyrrole nitrogens is 2. The molecule has 116 valence electrons. The molecule has 0 saturated heterocycles. The minimum absolute atomic E-state index is 0.0821. The number of ether oxygens (including phenoxy) is 1. The summed E-state index contributed by atoms with van der Waals surface area (Å²) in [6.07, 6.45) is 2.12. The van der Waals surface area contributed by atoms with Crippen LogP contribution < -0.4 is 15.6 Å². The van der Waals surface area contributed by atoms with Gasteiger partial charge in [-0.1, -0.05) is 12.1 Å². The third-order valence-electron chi connectivity index (χ3n) is 3.89. The average Bonchev–Trinajstić information content (AvgIpc) is 2.84. The van der Waals surface area contributed by atoms with Crippen molar-refractivity contribution < 1.29 is 9.53 Å². The largest absolute Gasteiger partial charge is 0.493 e. The van der Waals surface area contributed by atoms with Crippen LogP contribution >= 0.6 is 0 Å². The third-order valence-corrected chi connectivity index (χ3v) is 3.89. The van der Waals surface area contributed by atoms with Crippen molar-refractivity contribution in [3.05, 3.63) is 50.9 Å². The van der Waals surface area contributed by atoms with Crippen molar-refractivity contribution in [2.45, 2.75) is 32.7 Å². The van der Waals surface area contributed by atoms with E-state index in [-0.39, 0.29) is 17.9 Å². The number of fused-ring (bicyclic) bond motifs is 1. The summed E-state index contributed by atoms with van der Waals surface area (Å²) < 4.78 is 5.57. The number of amides is 1. The number of aromatic nitrogens is 2. The normalized spacial score (nSPS) is 13.3. The maximum absolute atomic E-state index is 12.0. The molecule has 2 heterocycles. The first-order chi connectivity index (χ1) is 10.6. The molecular formula is C16H19N3O3. The van der Waals surface area contributed by atoms with E-state index >= 15 is 0 Å². The van der Waals surface area contributed by atoms with Crippen LogP contribution in [0.25, 0.3) is 0 Å². The lowest BCUT2D eigenvalue weighted by Crippen LogP contribution is -2.26. The number of hydrogen-bond acceptors (Lipinski definition) is 3. The van der Waals surface area contributed by atoms with Crippen LogP contribution in [-0.4, -0.2) is 22.7 Å². The highest BCUT2D eigenvalue weighted by Gasteiger charge is 2.13. The zero-order valence-corrected chi connectivity index (χ0v) is 12.5. The average molecular weight is 301 g/mol.